The number of carbonyl (C=O) groups excluding carboxylic acids is 1. The summed E-state index contributed by atoms with van der Waals surface area (Å²) >= 11 is 7.71. The predicted octanol–water partition coefficient (Wildman–Crippen LogP) is 2.77. The lowest BCUT2D eigenvalue weighted by Gasteiger charge is -2.36. The van der Waals surface area contributed by atoms with Crippen molar-refractivity contribution in [2.75, 3.05) is 36.8 Å². The van der Waals surface area contributed by atoms with Crippen LogP contribution in [0.4, 0.5) is 5.69 Å². The third-order valence-corrected chi connectivity index (χ3v) is 7.42. The first-order valence-corrected chi connectivity index (χ1v) is 11.5. The molecular formula is C21H23ClN4O2S. The Labute approximate surface area is 178 Å². The Morgan fingerprint density at radius 2 is 2.03 bits per heavy atom. The Kier molecular flexibility index (Phi) is 5.04. The SMILES string of the molecule is O=C(CC1CSc2nc3c(c(=O)n21)CCC3)N1CCN(c2cccc(Cl)c2)CC1. The van der Waals surface area contributed by atoms with Crippen molar-refractivity contribution in [2.45, 2.75) is 36.9 Å². The number of fused-ring (bicyclic) bond motifs is 2. The average molecular weight is 431 g/mol. The zero-order chi connectivity index (χ0) is 20.0. The number of thioether (sulfide) groups is 1. The molecule has 0 spiro atoms. The van der Waals surface area contributed by atoms with Crippen LogP contribution in [0.1, 0.15) is 30.1 Å². The molecule has 1 fully saturated rings. The van der Waals surface area contributed by atoms with Gasteiger partial charge in [-0.05, 0) is 37.5 Å². The molecule has 2 aliphatic heterocycles. The summed E-state index contributed by atoms with van der Waals surface area (Å²) in [6.07, 6.45) is 3.10. The number of piperazine rings is 1. The van der Waals surface area contributed by atoms with E-state index in [1.165, 1.54) is 0 Å². The van der Waals surface area contributed by atoms with Crippen LogP contribution in [0.3, 0.4) is 0 Å². The lowest BCUT2D eigenvalue weighted by Crippen LogP contribution is -2.49. The Balaban J connectivity index is 1.25. The van der Waals surface area contributed by atoms with Crippen LogP contribution in [0, 0.1) is 0 Å². The van der Waals surface area contributed by atoms with E-state index in [1.54, 1.807) is 16.3 Å². The maximum absolute atomic E-state index is 12.9. The van der Waals surface area contributed by atoms with E-state index in [2.05, 4.69) is 4.90 Å². The Hall–Kier alpha value is -1.99. The zero-order valence-corrected chi connectivity index (χ0v) is 17.7. The third kappa shape index (κ3) is 3.55. The quantitative estimate of drug-likeness (QED) is 0.701. The fourth-order valence-electron chi connectivity index (χ4n) is 4.52. The summed E-state index contributed by atoms with van der Waals surface area (Å²) in [5.74, 6) is 0.876. The molecule has 0 saturated carbocycles. The van der Waals surface area contributed by atoms with Crippen molar-refractivity contribution in [1.82, 2.24) is 14.5 Å². The Bertz CT molecular complexity index is 1020. The summed E-state index contributed by atoms with van der Waals surface area (Å²) in [7, 11) is 0. The number of aryl methyl sites for hydroxylation is 1. The number of rotatable bonds is 3. The minimum absolute atomic E-state index is 0.0797. The van der Waals surface area contributed by atoms with Gasteiger partial charge in [-0.25, -0.2) is 4.98 Å². The van der Waals surface area contributed by atoms with Gasteiger partial charge >= 0.3 is 0 Å². The van der Waals surface area contributed by atoms with Gasteiger partial charge in [-0.15, -0.1) is 0 Å². The van der Waals surface area contributed by atoms with Crippen LogP contribution in [-0.4, -0.2) is 52.3 Å². The van der Waals surface area contributed by atoms with Crippen molar-refractivity contribution in [1.29, 1.82) is 0 Å². The first kappa shape index (κ1) is 19.0. The van der Waals surface area contributed by atoms with Gasteiger partial charge in [0.1, 0.15) is 0 Å². The first-order valence-electron chi connectivity index (χ1n) is 10.2. The van der Waals surface area contributed by atoms with Gasteiger partial charge < -0.3 is 9.80 Å². The molecule has 1 atom stereocenters. The highest BCUT2D eigenvalue weighted by molar-refractivity contribution is 7.99. The van der Waals surface area contributed by atoms with Crippen LogP contribution in [0.15, 0.2) is 34.2 Å². The van der Waals surface area contributed by atoms with Gasteiger partial charge in [-0.2, -0.15) is 0 Å². The number of benzene rings is 1. The predicted molar refractivity (Wildman–Crippen MR) is 115 cm³/mol. The van der Waals surface area contributed by atoms with Crippen LogP contribution >= 0.6 is 23.4 Å². The van der Waals surface area contributed by atoms with Crippen molar-refractivity contribution in [3.8, 4) is 0 Å². The number of hydrogen-bond acceptors (Lipinski definition) is 5. The number of aromatic nitrogens is 2. The zero-order valence-electron chi connectivity index (χ0n) is 16.1. The highest BCUT2D eigenvalue weighted by atomic mass is 35.5. The van der Waals surface area contributed by atoms with Crippen molar-refractivity contribution < 1.29 is 4.79 Å². The number of amides is 1. The molecule has 3 aliphatic rings. The molecule has 2 aromatic rings. The summed E-state index contributed by atoms with van der Waals surface area (Å²) in [5, 5.41) is 1.52. The van der Waals surface area contributed by atoms with E-state index in [1.807, 2.05) is 29.2 Å². The second kappa shape index (κ2) is 7.69. The fraction of sp³-hybridized carbons (Fsp3) is 0.476. The molecular weight excluding hydrogens is 408 g/mol. The number of carbonyl (C=O) groups is 1. The summed E-state index contributed by atoms with van der Waals surface area (Å²) in [4.78, 5) is 34.7. The van der Waals surface area contributed by atoms with Gasteiger partial charge in [-0.3, -0.25) is 14.2 Å². The lowest BCUT2D eigenvalue weighted by atomic mass is 10.1. The van der Waals surface area contributed by atoms with E-state index < -0.39 is 0 Å². The van der Waals surface area contributed by atoms with Gasteiger partial charge in [-0.1, -0.05) is 29.4 Å². The van der Waals surface area contributed by atoms with Gasteiger partial charge in [0, 0.05) is 54.6 Å². The molecule has 3 heterocycles. The summed E-state index contributed by atoms with van der Waals surface area (Å²) in [5.41, 5.74) is 3.01. The maximum Gasteiger partial charge on any atom is 0.257 e. The van der Waals surface area contributed by atoms with Crippen LogP contribution in [0.5, 0.6) is 0 Å². The standard InChI is InChI=1S/C21H23ClN4O2S/c22-14-3-1-4-15(11-14)24-7-9-25(10-8-24)19(27)12-16-13-29-21-23-18-6-2-5-17(18)20(28)26(16)21/h1,3-4,11,16H,2,5-10,12-13H2. The largest absolute Gasteiger partial charge is 0.368 e. The van der Waals surface area contributed by atoms with Gasteiger partial charge in [0.25, 0.3) is 5.56 Å². The number of hydrogen-bond donors (Lipinski definition) is 0. The first-order chi connectivity index (χ1) is 14.1. The van der Waals surface area contributed by atoms with E-state index >= 15 is 0 Å². The topological polar surface area (TPSA) is 58.4 Å². The molecule has 6 nitrogen and oxygen atoms in total. The Morgan fingerprint density at radius 1 is 1.21 bits per heavy atom. The molecule has 0 N–H and O–H groups in total. The van der Waals surface area contributed by atoms with Gasteiger partial charge in [0.05, 0.1) is 11.7 Å². The average Bonchev–Trinajstić information content (AvgIpc) is 3.36. The van der Waals surface area contributed by atoms with Crippen LogP contribution in [-0.2, 0) is 17.6 Å². The number of halogens is 1. The van der Waals surface area contributed by atoms with E-state index in [0.29, 0.717) is 19.5 Å². The molecule has 1 aromatic heterocycles. The molecule has 1 aromatic carbocycles. The van der Waals surface area contributed by atoms with E-state index in [9.17, 15) is 9.59 Å². The fourth-order valence-corrected chi connectivity index (χ4v) is 5.86. The number of anilines is 1. The normalized spacial score (nSPS) is 20.7. The molecule has 0 radical (unpaired) electrons. The van der Waals surface area contributed by atoms with Crippen molar-refractivity contribution in [3.63, 3.8) is 0 Å². The maximum atomic E-state index is 12.9. The molecule has 1 amide bonds. The van der Waals surface area contributed by atoms with Gasteiger partial charge in [0.15, 0.2) is 5.16 Å². The van der Waals surface area contributed by atoms with E-state index in [-0.39, 0.29) is 17.5 Å². The molecule has 1 aliphatic carbocycles. The highest BCUT2D eigenvalue weighted by Gasteiger charge is 2.32. The van der Waals surface area contributed by atoms with Gasteiger partial charge in [0.2, 0.25) is 5.91 Å². The minimum atomic E-state index is -0.0839. The van der Waals surface area contributed by atoms with E-state index in [4.69, 9.17) is 16.6 Å². The van der Waals surface area contributed by atoms with Crippen LogP contribution in [0.2, 0.25) is 5.02 Å². The molecule has 152 valence electrons. The highest BCUT2D eigenvalue weighted by Crippen LogP contribution is 2.34. The molecule has 8 heteroatoms. The molecule has 1 unspecified atom stereocenters. The lowest BCUT2D eigenvalue weighted by molar-refractivity contribution is -0.132. The monoisotopic (exact) mass is 430 g/mol. The smallest absolute Gasteiger partial charge is 0.257 e. The summed E-state index contributed by atoms with van der Waals surface area (Å²) in [6, 6.07) is 7.75. The van der Waals surface area contributed by atoms with Crippen molar-refractivity contribution in [3.05, 3.63) is 50.9 Å². The molecule has 5 rings (SSSR count). The van der Waals surface area contributed by atoms with Crippen LogP contribution in [0.25, 0.3) is 0 Å². The molecule has 1 saturated heterocycles. The second-order valence-corrected chi connectivity index (χ2v) is 9.29. The number of nitrogens with zero attached hydrogens (tertiary/aromatic N) is 4. The van der Waals surface area contributed by atoms with Crippen molar-refractivity contribution in [2.24, 2.45) is 0 Å². The van der Waals surface area contributed by atoms with Crippen molar-refractivity contribution >= 4 is 35.0 Å². The van der Waals surface area contributed by atoms with Crippen LogP contribution < -0.4 is 10.5 Å². The molecule has 29 heavy (non-hydrogen) atoms. The summed E-state index contributed by atoms with van der Waals surface area (Å²) < 4.78 is 1.79. The second-order valence-electron chi connectivity index (χ2n) is 7.86. The minimum Gasteiger partial charge on any atom is -0.368 e. The third-order valence-electron chi connectivity index (χ3n) is 6.09. The summed E-state index contributed by atoms with van der Waals surface area (Å²) in [6.45, 7) is 2.96. The Morgan fingerprint density at radius 3 is 2.83 bits per heavy atom. The van der Waals surface area contributed by atoms with E-state index in [0.717, 1.165) is 65.2 Å². The molecule has 0 bridgehead atoms.